The predicted octanol–water partition coefficient (Wildman–Crippen LogP) is 2.52. The van der Waals surface area contributed by atoms with Crippen molar-refractivity contribution in [3.8, 4) is 5.69 Å². The highest BCUT2D eigenvalue weighted by Gasteiger charge is 2.24. The Bertz CT molecular complexity index is 743. The number of carbonyl (C=O) groups excluding carboxylic acids is 1. The van der Waals surface area contributed by atoms with Crippen LogP contribution in [0.4, 0.5) is 0 Å². The molecule has 0 saturated heterocycles. The van der Waals surface area contributed by atoms with Gasteiger partial charge in [-0.25, -0.2) is 0 Å². The van der Waals surface area contributed by atoms with Crippen molar-refractivity contribution in [3.63, 3.8) is 0 Å². The molecule has 0 aliphatic heterocycles. The van der Waals surface area contributed by atoms with Gasteiger partial charge in [-0.1, -0.05) is 48.5 Å². The molecule has 1 aromatic heterocycles. The van der Waals surface area contributed by atoms with Gasteiger partial charge < -0.3 is 0 Å². The molecule has 104 valence electrons. The Morgan fingerprint density at radius 2 is 1.62 bits per heavy atom. The van der Waals surface area contributed by atoms with Crippen LogP contribution in [-0.4, -0.2) is 26.0 Å². The summed E-state index contributed by atoms with van der Waals surface area (Å²) in [5.74, 6) is 0.268. The van der Waals surface area contributed by atoms with Crippen molar-refractivity contribution in [2.75, 3.05) is 0 Å². The number of hydrogen-bond donors (Lipinski definition) is 1. The van der Waals surface area contributed by atoms with Crippen molar-refractivity contribution in [1.29, 1.82) is 0 Å². The number of carbonyl (C=O) groups is 1. The number of Topliss-reactive ketones (excluding diaryl/α,β-unsaturated/α-hetero) is 1. The van der Waals surface area contributed by atoms with E-state index in [0.29, 0.717) is 11.4 Å². The maximum atomic E-state index is 12.4. The van der Waals surface area contributed by atoms with Crippen molar-refractivity contribution in [2.24, 2.45) is 0 Å². The largest absolute Gasteiger partial charge is 0.292 e. The van der Waals surface area contributed by atoms with Crippen LogP contribution in [0.2, 0.25) is 0 Å². The minimum absolute atomic E-state index is 0.133. The molecule has 0 aliphatic rings. The number of tetrazole rings is 1. The van der Waals surface area contributed by atoms with Crippen LogP contribution in [0, 0.1) is 0 Å². The Morgan fingerprint density at radius 3 is 2.29 bits per heavy atom. The average Bonchev–Trinajstić information content (AvgIpc) is 3.04. The first-order valence-corrected chi connectivity index (χ1v) is 6.90. The lowest BCUT2D eigenvalue weighted by molar-refractivity contribution is 0.0987. The highest BCUT2D eigenvalue weighted by Crippen LogP contribution is 2.24. The zero-order valence-electron chi connectivity index (χ0n) is 11.0. The van der Waals surface area contributed by atoms with Crippen molar-refractivity contribution in [2.45, 2.75) is 5.25 Å². The third kappa shape index (κ3) is 2.71. The van der Waals surface area contributed by atoms with Crippen LogP contribution in [0.15, 0.2) is 60.7 Å². The summed E-state index contributed by atoms with van der Waals surface area (Å²) in [6.07, 6.45) is 0. The highest BCUT2D eigenvalue weighted by molar-refractivity contribution is 7.81. The topological polar surface area (TPSA) is 60.7 Å². The molecule has 0 radical (unpaired) electrons. The molecule has 6 heteroatoms. The minimum atomic E-state index is -0.720. The van der Waals surface area contributed by atoms with Gasteiger partial charge in [-0.15, -0.1) is 5.10 Å². The normalized spacial score (nSPS) is 12.0. The van der Waals surface area contributed by atoms with Crippen LogP contribution in [0.1, 0.15) is 21.4 Å². The van der Waals surface area contributed by atoms with Gasteiger partial charge in [-0.3, -0.25) is 4.79 Å². The van der Waals surface area contributed by atoms with E-state index in [0.717, 1.165) is 5.69 Å². The van der Waals surface area contributed by atoms with Gasteiger partial charge in [0.1, 0.15) is 5.25 Å². The number of para-hydroxylation sites is 1. The van der Waals surface area contributed by atoms with Crippen molar-refractivity contribution in [1.82, 2.24) is 20.2 Å². The molecule has 0 spiro atoms. The minimum Gasteiger partial charge on any atom is -0.292 e. The monoisotopic (exact) mass is 296 g/mol. The summed E-state index contributed by atoms with van der Waals surface area (Å²) in [4.78, 5) is 12.4. The van der Waals surface area contributed by atoms with Crippen molar-refractivity contribution >= 4 is 18.4 Å². The van der Waals surface area contributed by atoms with Gasteiger partial charge in [-0.2, -0.15) is 17.3 Å². The van der Waals surface area contributed by atoms with Gasteiger partial charge in [0.05, 0.1) is 5.69 Å². The second kappa shape index (κ2) is 5.88. The van der Waals surface area contributed by atoms with E-state index in [1.807, 2.05) is 48.5 Å². The molecule has 0 aliphatic carbocycles. The average molecular weight is 296 g/mol. The van der Waals surface area contributed by atoms with Crippen LogP contribution in [0.5, 0.6) is 0 Å². The first kappa shape index (κ1) is 13.5. The van der Waals surface area contributed by atoms with E-state index in [-0.39, 0.29) is 5.78 Å². The van der Waals surface area contributed by atoms with Crippen LogP contribution in [0.3, 0.4) is 0 Å². The van der Waals surface area contributed by atoms with E-state index in [9.17, 15) is 4.79 Å². The van der Waals surface area contributed by atoms with E-state index >= 15 is 0 Å². The molecule has 5 nitrogen and oxygen atoms in total. The molecular weight excluding hydrogens is 284 g/mol. The summed E-state index contributed by atoms with van der Waals surface area (Å²) in [6, 6.07) is 18.4. The SMILES string of the molecule is O=C(c1ccccc1)C(S)c1nnnn1-c1ccccc1. The fourth-order valence-corrected chi connectivity index (χ4v) is 2.31. The van der Waals surface area contributed by atoms with Gasteiger partial charge in [0.2, 0.25) is 0 Å². The lowest BCUT2D eigenvalue weighted by atomic mass is 10.1. The van der Waals surface area contributed by atoms with Crippen LogP contribution in [-0.2, 0) is 0 Å². The molecule has 0 fully saturated rings. The number of nitrogens with zero attached hydrogens (tertiary/aromatic N) is 4. The van der Waals surface area contributed by atoms with Crippen LogP contribution >= 0.6 is 12.6 Å². The number of ketones is 1. The molecule has 1 unspecified atom stereocenters. The second-order valence-corrected chi connectivity index (χ2v) is 4.93. The van der Waals surface area contributed by atoms with Gasteiger partial charge in [-0.05, 0) is 22.6 Å². The van der Waals surface area contributed by atoms with Gasteiger partial charge in [0.15, 0.2) is 11.6 Å². The molecule has 0 saturated carbocycles. The lowest BCUT2D eigenvalue weighted by Gasteiger charge is -2.10. The van der Waals surface area contributed by atoms with Gasteiger partial charge in [0.25, 0.3) is 0 Å². The molecule has 21 heavy (non-hydrogen) atoms. The number of rotatable bonds is 4. The third-order valence-electron chi connectivity index (χ3n) is 3.05. The summed E-state index contributed by atoms with van der Waals surface area (Å²) in [7, 11) is 0. The number of thiol groups is 1. The van der Waals surface area contributed by atoms with Gasteiger partial charge in [0, 0.05) is 5.56 Å². The molecule has 0 amide bonds. The molecule has 2 aromatic carbocycles. The zero-order valence-corrected chi connectivity index (χ0v) is 11.9. The maximum Gasteiger partial charge on any atom is 0.183 e. The number of aromatic nitrogens is 4. The number of hydrogen-bond acceptors (Lipinski definition) is 5. The summed E-state index contributed by atoms with van der Waals surface area (Å²) in [6.45, 7) is 0. The fraction of sp³-hybridized carbons (Fsp3) is 0.0667. The molecule has 3 rings (SSSR count). The lowest BCUT2D eigenvalue weighted by Crippen LogP contribution is -2.13. The molecule has 0 N–H and O–H groups in total. The van der Waals surface area contributed by atoms with E-state index in [4.69, 9.17) is 0 Å². The van der Waals surface area contributed by atoms with E-state index in [1.165, 1.54) is 4.68 Å². The number of benzene rings is 2. The first-order chi connectivity index (χ1) is 10.3. The van der Waals surface area contributed by atoms with E-state index in [1.54, 1.807) is 12.1 Å². The van der Waals surface area contributed by atoms with E-state index in [2.05, 4.69) is 28.2 Å². The predicted molar refractivity (Wildman–Crippen MR) is 81.7 cm³/mol. The summed E-state index contributed by atoms with van der Waals surface area (Å²) < 4.78 is 1.53. The molecular formula is C15H12N4OS. The Kier molecular flexibility index (Phi) is 3.79. The van der Waals surface area contributed by atoms with Crippen molar-refractivity contribution in [3.05, 3.63) is 72.1 Å². The smallest absolute Gasteiger partial charge is 0.183 e. The van der Waals surface area contributed by atoms with Crippen LogP contribution < -0.4 is 0 Å². The third-order valence-corrected chi connectivity index (χ3v) is 3.51. The Balaban J connectivity index is 1.95. The maximum absolute atomic E-state index is 12.4. The molecule has 1 heterocycles. The standard InChI is InChI=1S/C15H12N4OS/c20-13(11-7-3-1-4-8-11)14(21)15-16-17-18-19(15)12-9-5-2-6-10-12/h1-10,14,21H. The highest BCUT2D eigenvalue weighted by atomic mass is 32.1. The quantitative estimate of drug-likeness (QED) is 0.593. The Hall–Kier alpha value is -2.47. The summed E-state index contributed by atoms with van der Waals surface area (Å²) in [5, 5.41) is 10.8. The second-order valence-electron chi connectivity index (χ2n) is 4.42. The van der Waals surface area contributed by atoms with E-state index < -0.39 is 5.25 Å². The molecule has 1 atom stereocenters. The van der Waals surface area contributed by atoms with Gasteiger partial charge >= 0.3 is 0 Å². The summed E-state index contributed by atoms with van der Waals surface area (Å²) in [5.41, 5.74) is 1.37. The summed E-state index contributed by atoms with van der Waals surface area (Å²) >= 11 is 4.40. The Morgan fingerprint density at radius 1 is 1.00 bits per heavy atom. The fourth-order valence-electron chi connectivity index (χ4n) is 2.00. The molecule has 3 aromatic rings. The zero-order chi connectivity index (χ0) is 14.7. The van der Waals surface area contributed by atoms with Crippen molar-refractivity contribution < 1.29 is 4.79 Å². The van der Waals surface area contributed by atoms with Crippen LogP contribution in [0.25, 0.3) is 5.69 Å². The molecule has 0 bridgehead atoms. The first-order valence-electron chi connectivity index (χ1n) is 6.38. The Labute approximate surface area is 127 Å².